The lowest BCUT2D eigenvalue weighted by molar-refractivity contribution is -0.577. The number of aromatic nitrogens is 2. The van der Waals surface area contributed by atoms with Gasteiger partial charge < -0.3 is 15.4 Å². The number of hydrogen-bond acceptors (Lipinski definition) is 4. The molecular weight excluding hydrogens is 208 g/mol. The van der Waals surface area contributed by atoms with Crippen molar-refractivity contribution in [3.63, 3.8) is 0 Å². The van der Waals surface area contributed by atoms with Gasteiger partial charge in [-0.05, 0) is 0 Å². The van der Waals surface area contributed by atoms with Crippen LogP contribution in [0.1, 0.15) is 0 Å². The molecular formula is C6H6N4O5. The van der Waals surface area contributed by atoms with Crippen molar-refractivity contribution in [3.05, 3.63) is 17.5 Å². The predicted molar refractivity (Wildman–Crippen MR) is 46.5 cm³/mol. The van der Waals surface area contributed by atoms with Gasteiger partial charge in [0.25, 0.3) is 0 Å². The molecule has 0 atom stereocenters. The lowest BCUT2D eigenvalue weighted by Gasteiger charge is -2.11. The van der Waals surface area contributed by atoms with E-state index >= 15 is 0 Å². The Morgan fingerprint density at radius 1 is 1.33 bits per heavy atom. The molecule has 0 aliphatic heterocycles. The maximum absolute atomic E-state index is 11.2. The molecule has 9 heteroatoms. The van der Waals surface area contributed by atoms with E-state index in [9.17, 15) is 14.8 Å². The first-order chi connectivity index (χ1) is 7.00. The molecule has 9 nitrogen and oxygen atoms in total. The average molecular weight is 214 g/mol. The van der Waals surface area contributed by atoms with Crippen molar-refractivity contribution >= 4 is 24.0 Å². The van der Waals surface area contributed by atoms with Gasteiger partial charge in [0, 0.05) is 6.07 Å². The fraction of sp³-hybridized carbons (Fsp3) is 0. The van der Waals surface area contributed by atoms with Crippen LogP contribution in [0, 0.1) is 5.21 Å². The summed E-state index contributed by atoms with van der Waals surface area (Å²) in [5.74, 6) is -0.880. The summed E-state index contributed by atoms with van der Waals surface area (Å²) >= 11 is 0. The van der Waals surface area contributed by atoms with E-state index in [1.165, 1.54) is 0 Å². The van der Waals surface area contributed by atoms with Gasteiger partial charge in [0.05, 0.1) is 6.20 Å². The summed E-state index contributed by atoms with van der Waals surface area (Å²) in [6, 6.07) is 1.09. The third-order valence-electron chi connectivity index (χ3n) is 1.29. The second-order valence-electron chi connectivity index (χ2n) is 2.31. The first-order valence-corrected chi connectivity index (χ1v) is 3.59. The van der Waals surface area contributed by atoms with Gasteiger partial charge in [-0.1, -0.05) is 0 Å². The molecule has 0 aliphatic carbocycles. The molecule has 0 spiro atoms. The standard InChI is InChI=1S/C6H6N4O5/c11-5(12)8-3-1-2-7-4(10(3)15)9-6(13)14/h1-2,8H,(H,7,9)(H,11,12)(H,13,14). The molecule has 0 radical (unpaired) electrons. The molecule has 0 unspecified atom stereocenters. The van der Waals surface area contributed by atoms with Gasteiger partial charge in [0.2, 0.25) is 5.82 Å². The van der Waals surface area contributed by atoms with Crippen LogP contribution in [0.2, 0.25) is 0 Å². The van der Waals surface area contributed by atoms with E-state index < -0.39 is 18.1 Å². The van der Waals surface area contributed by atoms with Crippen LogP contribution in [-0.2, 0) is 0 Å². The normalized spacial score (nSPS) is 9.33. The maximum atomic E-state index is 11.2. The predicted octanol–water partition coefficient (Wildman–Crippen LogP) is -0.105. The van der Waals surface area contributed by atoms with Gasteiger partial charge >= 0.3 is 18.1 Å². The molecule has 0 bridgehead atoms. The number of rotatable bonds is 2. The average Bonchev–Trinajstić information content (AvgIpc) is 2.10. The summed E-state index contributed by atoms with van der Waals surface area (Å²) in [5.41, 5.74) is 0. The first-order valence-electron chi connectivity index (χ1n) is 3.59. The van der Waals surface area contributed by atoms with E-state index in [2.05, 4.69) is 4.98 Å². The molecule has 1 rings (SSSR count). The number of amides is 2. The van der Waals surface area contributed by atoms with Crippen LogP contribution < -0.4 is 15.4 Å². The summed E-state index contributed by atoms with van der Waals surface area (Å²) in [6.45, 7) is 0. The maximum Gasteiger partial charge on any atom is 0.458 e. The third-order valence-corrected chi connectivity index (χ3v) is 1.29. The number of hydrogen-bond donors (Lipinski definition) is 4. The monoisotopic (exact) mass is 214 g/mol. The number of nitrogens with zero attached hydrogens (tertiary/aromatic N) is 2. The molecule has 80 valence electrons. The summed E-state index contributed by atoms with van der Waals surface area (Å²) in [5, 5.41) is 31.4. The third kappa shape index (κ3) is 2.69. The van der Waals surface area contributed by atoms with Crippen molar-refractivity contribution in [2.75, 3.05) is 10.6 Å². The molecule has 0 fully saturated rings. The quantitative estimate of drug-likeness (QED) is 0.400. The van der Waals surface area contributed by atoms with E-state index in [0.29, 0.717) is 0 Å². The molecule has 0 aromatic carbocycles. The number of carboxylic acid groups (broad SMARTS) is 2. The molecule has 0 saturated carbocycles. The van der Waals surface area contributed by atoms with Crippen LogP contribution in [-0.4, -0.2) is 27.4 Å². The second-order valence-corrected chi connectivity index (χ2v) is 2.31. The fourth-order valence-corrected chi connectivity index (χ4v) is 0.793. The Kier molecular flexibility index (Phi) is 2.86. The lowest BCUT2D eigenvalue weighted by atomic mass is 10.6. The van der Waals surface area contributed by atoms with Gasteiger partial charge in [0.1, 0.15) is 0 Å². The van der Waals surface area contributed by atoms with E-state index in [1.807, 2.05) is 0 Å². The Hall–Kier alpha value is -2.58. The number of nitrogens with one attached hydrogen (secondary N) is 2. The highest BCUT2D eigenvalue weighted by molar-refractivity contribution is 5.81. The molecule has 4 N–H and O–H groups in total. The Bertz CT molecular complexity index is 372. The van der Waals surface area contributed by atoms with Gasteiger partial charge in [-0.3, -0.25) is 0 Å². The Balaban J connectivity index is 2.99. The minimum atomic E-state index is -1.47. The van der Waals surface area contributed by atoms with Crippen molar-refractivity contribution in [2.24, 2.45) is 0 Å². The Morgan fingerprint density at radius 3 is 2.47 bits per heavy atom. The van der Waals surface area contributed by atoms with Crippen LogP contribution in [0.15, 0.2) is 12.3 Å². The zero-order chi connectivity index (χ0) is 11.4. The SMILES string of the molecule is O=C(O)Nc1ccnc(NC(=O)O)[n+]1[O-]. The van der Waals surface area contributed by atoms with Gasteiger partial charge in [0.15, 0.2) is 0 Å². The minimum Gasteiger partial charge on any atom is -0.754 e. The Morgan fingerprint density at radius 2 is 1.93 bits per heavy atom. The van der Waals surface area contributed by atoms with Crippen LogP contribution in [0.5, 0.6) is 0 Å². The second kappa shape index (κ2) is 4.09. The van der Waals surface area contributed by atoms with Crippen LogP contribution >= 0.6 is 0 Å². The fourth-order valence-electron chi connectivity index (χ4n) is 0.793. The smallest absolute Gasteiger partial charge is 0.458 e. The number of carbonyl (C=O) groups is 2. The minimum absolute atomic E-state index is 0.0161. The van der Waals surface area contributed by atoms with E-state index in [4.69, 9.17) is 10.2 Å². The zero-order valence-corrected chi connectivity index (χ0v) is 7.17. The number of anilines is 2. The highest BCUT2D eigenvalue weighted by atomic mass is 16.5. The molecule has 1 aromatic rings. The highest BCUT2D eigenvalue weighted by Gasteiger charge is 2.13. The zero-order valence-electron chi connectivity index (χ0n) is 7.17. The van der Waals surface area contributed by atoms with Crippen molar-refractivity contribution in [3.8, 4) is 0 Å². The molecule has 1 heterocycles. The topological polar surface area (TPSA) is 138 Å². The first kappa shape index (κ1) is 10.5. The van der Waals surface area contributed by atoms with E-state index in [0.717, 1.165) is 12.3 Å². The van der Waals surface area contributed by atoms with Crippen LogP contribution in [0.4, 0.5) is 21.4 Å². The van der Waals surface area contributed by atoms with Crippen molar-refractivity contribution in [2.45, 2.75) is 0 Å². The lowest BCUT2D eigenvalue weighted by Crippen LogP contribution is -2.37. The van der Waals surface area contributed by atoms with Crippen molar-refractivity contribution in [1.82, 2.24) is 4.98 Å². The largest absolute Gasteiger partial charge is 0.754 e. The molecule has 15 heavy (non-hydrogen) atoms. The molecule has 0 saturated heterocycles. The molecule has 1 aromatic heterocycles. The van der Waals surface area contributed by atoms with Crippen LogP contribution in [0.3, 0.4) is 0 Å². The summed E-state index contributed by atoms with van der Waals surface area (Å²) in [7, 11) is 0. The summed E-state index contributed by atoms with van der Waals surface area (Å²) in [6.07, 6.45) is -1.82. The molecule has 0 aliphatic rings. The van der Waals surface area contributed by atoms with E-state index in [1.54, 1.807) is 10.6 Å². The van der Waals surface area contributed by atoms with E-state index in [-0.39, 0.29) is 10.5 Å². The highest BCUT2D eigenvalue weighted by Crippen LogP contribution is 2.02. The molecule has 2 amide bonds. The Labute approximate surface area is 82.6 Å². The van der Waals surface area contributed by atoms with Crippen molar-refractivity contribution in [1.29, 1.82) is 0 Å². The van der Waals surface area contributed by atoms with Gasteiger partial charge in [-0.15, -0.1) is 4.98 Å². The van der Waals surface area contributed by atoms with Gasteiger partial charge in [-0.25, -0.2) is 19.6 Å². The summed E-state index contributed by atoms with van der Waals surface area (Å²) < 4.78 is 0.0161. The summed E-state index contributed by atoms with van der Waals surface area (Å²) in [4.78, 5) is 23.9. The van der Waals surface area contributed by atoms with Crippen LogP contribution in [0.25, 0.3) is 0 Å². The van der Waals surface area contributed by atoms with Crippen molar-refractivity contribution < 1.29 is 24.5 Å². The van der Waals surface area contributed by atoms with Gasteiger partial charge in [-0.2, -0.15) is 5.32 Å².